The molecule has 1 saturated heterocycles. The molecular weight excluding hydrogens is 318 g/mol. The average Bonchev–Trinajstić information content (AvgIpc) is 2.67. The summed E-state index contributed by atoms with van der Waals surface area (Å²) in [7, 11) is 1.92. The van der Waals surface area contributed by atoms with Crippen LogP contribution in [-0.4, -0.2) is 47.0 Å². The molecule has 130 valence electrons. The van der Waals surface area contributed by atoms with Gasteiger partial charge in [-0.25, -0.2) is 4.98 Å². The molecule has 1 aromatic carbocycles. The minimum absolute atomic E-state index is 0.160. The van der Waals surface area contributed by atoms with E-state index in [2.05, 4.69) is 4.98 Å². The van der Waals surface area contributed by atoms with Crippen LogP contribution in [-0.2, 0) is 4.79 Å². The van der Waals surface area contributed by atoms with Crippen LogP contribution in [0.1, 0.15) is 23.2 Å². The van der Waals surface area contributed by atoms with Crippen LogP contribution >= 0.6 is 0 Å². The molecule has 1 N–H and O–H groups in total. The number of anilines is 2. The van der Waals surface area contributed by atoms with Gasteiger partial charge in [-0.3, -0.25) is 9.59 Å². The summed E-state index contributed by atoms with van der Waals surface area (Å²) in [5.41, 5.74) is 1.49. The van der Waals surface area contributed by atoms with Gasteiger partial charge in [-0.15, -0.1) is 0 Å². The van der Waals surface area contributed by atoms with Crippen LogP contribution in [0.15, 0.2) is 48.7 Å². The zero-order valence-electron chi connectivity index (χ0n) is 14.1. The van der Waals surface area contributed by atoms with Crippen molar-refractivity contribution in [1.82, 2.24) is 9.88 Å². The number of rotatable bonds is 4. The Balaban J connectivity index is 1.71. The lowest BCUT2D eigenvalue weighted by Gasteiger charge is -2.30. The monoisotopic (exact) mass is 339 g/mol. The predicted octanol–water partition coefficient (Wildman–Crippen LogP) is 2.79. The largest absolute Gasteiger partial charge is 0.481 e. The lowest BCUT2D eigenvalue weighted by atomic mass is 9.98. The molecule has 1 unspecified atom stereocenters. The molecule has 2 aromatic rings. The Hall–Kier alpha value is -2.89. The van der Waals surface area contributed by atoms with Crippen molar-refractivity contribution in [3.8, 4) is 0 Å². The summed E-state index contributed by atoms with van der Waals surface area (Å²) in [5.74, 6) is -0.734. The van der Waals surface area contributed by atoms with Crippen LogP contribution in [0.3, 0.4) is 0 Å². The van der Waals surface area contributed by atoms with E-state index in [9.17, 15) is 9.59 Å². The zero-order chi connectivity index (χ0) is 17.8. The molecule has 25 heavy (non-hydrogen) atoms. The molecule has 3 rings (SSSR count). The van der Waals surface area contributed by atoms with Gasteiger partial charge in [0.2, 0.25) is 0 Å². The molecule has 2 heterocycles. The van der Waals surface area contributed by atoms with Crippen molar-refractivity contribution in [2.75, 3.05) is 25.0 Å². The lowest BCUT2D eigenvalue weighted by Crippen LogP contribution is -2.42. The molecule has 6 heteroatoms. The normalized spacial score (nSPS) is 17.2. The van der Waals surface area contributed by atoms with Crippen molar-refractivity contribution in [1.29, 1.82) is 0 Å². The van der Waals surface area contributed by atoms with E-state index in [-0.39, 0.29) is 12.5 Å². The van der Waals surface area contributed by atoms with Gasteiger partial charge in [0, 0.05) is 32.0 Å². The number of aromatic nitrogens is 1. The van der Waals surface area contributed by atoms with E-state index in [1.807, 2.05) is 42.3 Å². The Morgan fingerprint density at radius 1 is 1.20 bits per heavy atom. The molecule has 1 aliphatic heterocycles. The van der Waals surface area contributed by atoms with E-state index in [0.29, 0.717) is 24.9 Å². The first-order chi connectivity index (χ1) is 12.1. The number of carboxylic acid groups (broad SMARTS) is 1. The fourth-order valence-corrected chi connectivity index (χ4v) is 3.04. The average molecular weight is 339 g/mol. The maximum Gasteiger partial charge on any atom is 0.308 e. The lowest BCUT2D eigenvalue weighted by molar-refractivity contribution is -0.143. The van der Waals surface area contributed by atoms with E-state index >= 15 is 0 Å². The van der Waals surface area contributed by atoms with Crippen molar-refractivity contribution in [3.05, 3.63) is 54.2 Å². The number of carbonyl (C=O) groups excluding carboxylic acids is 1. The minimum Gasteiger partial charge on any atom is -0.481 e. The van der Waals surface area contributed by atoms with Crippen molar-refractivity contribution in [2.45, 2.75) is 12.8 Å². The van der Waals surface area contributed by atoms with Gasteiger partial charge in [-0.2, -0.15) is 0 Å². The second-order valence-corrected chi connectivity index (χ2v) is 6.23. The van der Waals surface area contributed by atoms with Crippen molar-refractivity contribution in [2.24, 2.45) is 5.92 Å². The first kappa shape index (κ1) is 17.0. The first-order valence-electron chi connectivity index (χ1n) is 8.33. The fraction of sp³-hybridized carbons (Fsp3) is 0.316. The number of carbonyl (C=O) groups is 2. The van der Waals surface area contributed by atoms with Crippen LogP contribution in [0.2, 0.25) is 0 Å². The molecule has 1 amide bonds. The second-order valence-electron chi connectivity index (χ2n) is 6.23. The van der Waals surface area contributed by atoms with Gasteiger partial charge in [0.15, 0.2) is 0 Å². The van der Waals surface area contributed by atoms with E-state index in [0.717, 1.165) is 11.5 Å². The van der Waals surface area contributed by atoms with Crippen molar-refractivity contribution < 1.29 is 14.7 Å². The molecule has 6 nitrogen and oxygen atoms in total. The van der Waals surface area contributed by atoms with Gasteiger partial charge < -0.3 is 14.9 Å². The third kappa shape index (κ3) is 3.79. The maximum absolute atomic E-state index is 12.6. The van der Waals surface area contributed by atoms with Gasteiger partial charge in [0.05, 0.1) is 11.5 Å². The number of likely N-dealkylation sites (tertiary alicyclic amines) is 1. The summed E-state index contributed by atoms with van der Waals surface area (Å²) in [5, 5.41) is 9.16. The Bertz CT molecular complexity index is 746. The Kier molecular flexibility index (Phi) is 4.97. The number of piperidine rings is 1. The third-order valence-corrected chi connectivity index (χ3v) is 4.54. The molecule has 1 fully saturated rings. The van der Waals surface area contributed by atoms with Crippen LogP contribution in [0, 0.1) is 5.92 Å². The van der Waals surface area contributed by atoms with Crippen molar-refractivity contribution >= 4 is 23.4 Å². The quantitative estimate of drug-likeness (QED) is 0.927. The molecule has 1 atom stereocenters. The topological polar surface area (TPSA) is 73.7 Å². The number of aliphatic carboxylic acids is 1. The van der Waals surface area contributed by atoms with E-state index in [4.69, 9.17) is 5.11 Å². The highest BCUT2D eigenvalue weighted by Crippen LogP contribution is 2.22. The van der Waals surface area contributed by atoms with Crippen LogP contribution < -0.4 is 4.90 Å². The maximum atomic E-state index is 12.6. The molecule has 0 aliphatic carbocycles. The van der Waals surface area contributed by atoms with E-state index < -0.39 is 11.9 Å². The summed E-state index contributed by atoms with van der Waals surface area (Å²) in [6.07, 6.45) is 2.89. The zero-order valence-corrected chi connectivity index (χ0v) is 14.1. The molecule has 0 saturated carbocycles. The van der Waals surface area contributed by atoms with Crippen LogP contribution in [0.5, 0.6) is 0 Å². The van der Waals surface area contributed by atoms with Gasteiger partial charge in [-0.05, 0) is 37.1 Å². The smallest absolute Gasteiger partial charge is 0.308 e. The summed E-state index contributed by atoms with van der Waals surface area (Å²) in [4.78, 5) is 31.7. The number of para-hydroxylation sites is 1. The Morgan fingerprint density at radius 3 is 2.60 bits per heavy atom. The number of benzene rings is 1. The Morgan fingerprint density at radius 2 is 1.96 bits per heavy atom. The predicted molar refractivity (Wildman–Crippen MR) is 95.0 cm³/mol. The summed E-state index contributed by atoms with van der Waals surface area (Å²) < 4.78 is 0. The van der Waals surface area contributed by atoms with Gasteiger partial charge in [-0.1, -0.05) is 18.2 Å². The van der Waals surface area contributed by atoms with Gasteiger partial charge >= 0.3 is 5.97 Å². The highest BCUT2D eigenvalue weighted by atomic mass is 16.4. The number of nitrogens with zero attached hydrogens (tertiary/aromatic N) is 3. The standard InChI is InChI=1S/C19H21N3O3/c1-21(16-7-3-2-4-8-16)17-10-9-14(12-20-17)18(23)22-11-5-6-15(13-22)19(24)25/h2-4,7-10,12,15H,5-6,11,13H2,1H3,(H,24,25). The molecule has 1 aromatic heterocycles. The fourth-order valence-electron chi connectivity index (χ4n) is 3.04. The molecule has 0 bridgehead atoms. The SMILES string of the molecule is CN(c1ccccc1)c1ccc(C(=O)N2CCCC(C(=O)O)C2)cn1. The summed E-state index contributed by atoms with van der Waals surface area (Å²) >= 11 is 0. The van der Waals surface area contributed by atoms with E-state index in [1.54, 1.807) is 23.2 Å². The van der Waals surface area contributed by atoms with Crippen LogP contribution in [0.25, 0.3) is 0 Å². The van der Waals surface area contributed by atoms with E-state index in [1.165, 1.54) is 0 Å². The molecule has 0 spiro atoms. The number of pyridine rings is 1. The highest BCUT2D eigenvalue weighted by Gasteiger charge is 2.28. The summed E-state index contributed by atoms with van der Waals surface area (Å²) in [6, 6.07) is 13.4. The third-order valence-electron chi connectivity index (χ3n) is 4.54. The van der Waals surface area contributed by atoms with Crippen LogP contribution in [0.4, 0.5) is 11.5 Å². The highest BCUT2D eigenvalue weighted by molar-refractivity contribution is 5.94. The number of amides is 1. The minimum atomic E-state index is -0.838. The molecule has 0 radical (unpaired) electrons. The number of carboxylic acids is 1. The van der Waals surface area contributed by atoms with Gasteiger partial charge in [0.25, 0.3) is 5.91 Å². The number of hydrogen-bond acceptors (Lipinski definition) is 4. The number of hydrogen-bond donors (Lipinski definition) is 1. The first-order valence-corrected chi connectivity index (χ1v) is 8.33. The molecular formula is C19H21N3O3. The Labute approximate surface area is 146 Å². The van der Waals surface area contributed by atoms with Crippen molar-refractivity contribution in [3.63, 3.8) is 0 Å². The second kappa shape index (κ2) is 7.34. The molecule has 1 aliphatic rings. The van der Waals surface area contributed by atoms with Gasteiger partial charge in [0.1, 0.15) is 5.82 Å². The summed E-state index contributed by atoms with van der Waals surface area (Å²) in [6.45, 7) is 0.855.